The first-order valence-corrected chi connectivity index (χ1v) is 9.66. The lowest BCUT2D eigenvalue weighted by Gasteiger charge is -2.45. The second-order valence-electron chi connectivity index (χ2n) is 6.97. The summed E-state index contributed by atoms with van der Waals surface area (Å²) < 4.78 is 0. The lowest BCUT2D eigenvalue weighted by molar-refractivity contribution is -0.314. The topological polar surface area (TPSA) is 43.4 Å². The van der Waals surface area contributed by atoms with Crippen molar-refractivity contribution in [1.29, 1.82) is 0 Å². The molecule has 4 atom stereocenters. The van der Waals surface area contributed by atoms with Crippen LogP contribution in [0.15, 0.2) is 47.8 Å². The first-order chi connectivity index (χ1) is 11.7. The molecule has 2 aliphatic rings. The molecule has 0 N–H and O–H groups in total. The summed E-state index contributed by atoms with van der Waals surface area (Å²) in [4.78, 5) is 15.5. The van der Waals surface area contributed by atoms with E-state index in [0.717, 1.165) is 32.2 Å². The predicted molar refractivity (Wildman–Crippen MR) is 93.8 cm³/mol. The first-order valence-electron chi connectivity index (χ1n) is 8.78. The lowest BCUT2D eigenvalue weighted by atomic mass is 9.79. The Labute approximate surface area is 146 Å². The van der Waals surface area contributed by atoms with E-state index in [1.807, 2.05) is 12.1 Å². The Balaban J connectivity index is 1.55. The molecule has 2 fully saturated rings. The maximum Gasteiger partial charge on any atom is 0.0452 e. The molecule has 0 radical (unpaired) electrons. The molecule has 2 saturated heterocycles. The SMILES string of the molecule is O=C([O-])C1CC2CCC(C1c1cccs1)N2CCc1ccccc1. The number of carbonyl (C=O) groups excluding carboxylic acids is 1. The zero-order chi connectivity index (χ0) is 16.5. The zero-order valence-corrected chi connectivity index (χ0v) is 14.5. The Kier molecular flexibility index (Phi) is 4.42. The van der Waals surface area contributed by atoms with Crippen molar-refractivity contribution in [3.63, 3.8) is 0 Å². The first kappa shape index (κ1) is 15.9. The summed E-state index contributed by atoms with van der Waals surface area (Å²) in [5.74, 6) is -1.12. The minimum atomic E-state index is -0.868. The number of carboxylic acids is 1. The summed E-state index contributed by atoms with van der Waals surface area (Å²) in [6.45, 7) is 1.01. The fraction of sp³-hybridized carbons (Fsp3) is 0.450. The number of piperidine rings is 1. The average molecular weight is 340 g/mol. The Morgan fingerprint density at radius 3 is 2.71 bits per heavy atom. The summed E-state index contributed by atoms with van der Waals surface area (Å²) in [5, 5.41) is 13.8. The number of nitrogens with zero attached hydrogens (tertiary/aromatic N) is 1. The second-order valence-corrected chi connectivity index (χ2v) is 7.95. The van der Waals surface area contributed by atoms with Crippen LogP contribution in [0.25, 0.3) is 0 Å². The van der Waals surface area contributed by atoms with Gasteiger partial charge in [0, 0.05) is 41.3 Å². The molecule has 1 aromatic carbocycles. The van der Waals surface area contributed by atoms with Crippen LogP contribution >= 0.6 is 11.3 Å². The summed E-state index contributed by atoms with van der Waals surface area (Å²) in [7, 11) is 0. The summed E-state index contributed by atoms with van der Waals surface area (Å²) in [6, 6.07) is 15.4. The molecule has 1 aromatic heterocycles. The van der Waals surface area contributed by atoms with Crippen LogP contribution in [-0.4, -0.2) is 29.5 Å². The molecule has 0 aliphatic carbocycles. The summed E-state index contributed by atoms with van der Waals surface area (Å²) in [5.41, 5.74) is 1.35. The number of hydrogen-bond acceptors (Lipinski definition) is 4. The number of hydrogen-bond donors (Lipinski definition) is 0. The van der Waals surface area contributed by atoms with Crippen molar-refractivity contribution in [2.24, 2.45) is 5.92 Å². The van der Waals surface area contributed by atoms with Crippen LogP contribution in [0.3, 0.4) is 0 Å². The quantitative estimate of drug-likeness (QED) is 0.840. The van der Waals surface area contributed by atoms with Gasteiger partial charge in [-0.05, 0) is 42.7 Å². The number of benzene rings is 1. The normalized spacial score (nSPS) is 29.7. The average Bonchev–Trinajstić information content (AvgIpc) is 3.21. The predicted octanol–water partition coefficient (Wildman–Crippen LogP) is 2.68. The molecule has 2 bridgehead atoms. The van der Waals surface area contributed by atoms with Gasteiger partial charge in [0.1, 0.15) is 0 Å². The van der Waals surface area contributed by atoms with Crippen LogP contribution in [0.5, 0.6) is 0 Å². The van der Waals surface area contributed by atoms with Gasteiger partial charge in [0.05, 0.1) is 0 Å². The molecular formula is C20H22NO2S-. The second kappa shape index (κ2) is 6.69. The highest BCUT2D eigenvalue weighted by atomic mass is 32.1. The number of thiophene rings is 1. The molecule has 2 aliphatic heterocycles. The van der Waals surface area contributed by atoms with Crippen molar-refractivity contribution in [2.75, 3.05) is 6.54 Å². The summed E-state index contributed by atoms with van der Waals surface area (Å²) in [6.07, 6.45) is 3.98. The molecular weight excluding hydrogens is 318 g/mol. The van der Waals surface area contributed by atoms with Crippen molar-refractivity contribution in [1.82, 2.24) is 4.90 Å². The van der Waals surface area contributed by atoms with E-state index in [1.165, 1.54) is 10.4 Å². The molecule has 3 heterocycles. The van der Waals surface area contributed by atoms with E-state index in [2.05, 4.69) is 40.6 Å². The molecule has 0 saturated carbocycles. The fourth-order valence-electron chi connectivity index (χ4n) is 4.68. The van der Waals surface area contributed by atoms with Gasteiger partial charge in [-0.1, -0.05) is 36.4 Å². The highest BCUT2D eigenvalue weighted by Crippen LogP contribution is 2.48. The van der Waals surface area contributed by atoms with Crippen LogP contribution in [-0.2, 0) is 11.2 Å². The molecule has 4 unspecified atom stereocenters. The third kappa shape index (κ3) is 2.89. The smallest absolute Gasteiger partial charge is 0.0452 e. The van der Waals surface area contributed by atoms with Crippen LogP contribution in [0.4, 0.5) is 0 Å². The summed E-state index contributed by atoms with van der Waals surface area (Å²) >= 11 is 1.69. The zero-order valence-electron chi connectivity index (χ0n) is 13.6. The van der Waals surface area contributed by atoms with Crippen LogP contribution in [0.2, 0.25) is 0 Å². The Morgan fingerprint density at radius 1 is 1.17 bits per heavy atom. The molecule has 3 nitrogen and oxygen atoms in total. The standard InChI is InChI=1S/C20H23NO2S/c22-20(23)16-13-15-8-9-17(19(16)18-7-4-12-24-18)21(15)11-10-14-5-2-1-3-6-14/h1-7,12,15-17,19H,8-11,13H2,(H,22,23)/p-1. The molecule has 2 aromatic rings. The van der Waals surface area contributed by atoms with E-state index < -0.39 is 5.97 Å². The minimum Gasteiger partial charge on any atom is -0.550 e. The molecule has 0 spiro atoms. The monoisotopic (exact) mass is 340 g/mol. The van der Waals surface area contributed by atoms with E-state index in [1.54, 1.807) is 11.3 Å². The van der Waals surface area contributed by atoms with Crippen molar-refractivity contribution in [2.45, 2.75) is 43.7 Å². The molecule has 0 amide bonds. The van der Waals surface area contributed by atoms with Crippen LogP contribution < -0.4 is 5.11 Å². The minimum absolute atomic E-state index is 0.0875. The van der Waals surface area contributed by atoms with Gasteiger partial charge in [0.25, 0.3) is 0 Å². The molecule has 24 heavy (non-hydrogen) atoms. The van der Waals surface area contributed by atoms with Gasteiger partial charge >= 0.3 is 0 Å². The van der Waals surface area contributed by atoms with Crippen LogP contribution in [0.1, 0.15) is 35.6 Å². The Bertz CT molecular complexity index is 685. The Hall–Kier alpha value is -1.65. The number of fused-ring (bicyclic) bond motifs is 2. The third-order valence-electron chi connectivity index (χ3n) is 5.74. The van der Waals surface area contributed by atoms with Gasteiger partial charge in [-0.2, -0.15) is 0 Å². The molecule has 126 valence electrons. The van der Waals surface area contributed by atoms with Gasteiger partial charge in [0.15, 0.2) is 0 Å². The Morgan fingerprint density at radius 2 is 2.00 bits per heavy atom. The highest BCUT2D eigenvalue weighted by molar-refractivity contribution is 7.10. The maximum absolute atomic E-state index is 11.7. The maximum atomic E-state index is 11.7. The number of carbonyl (C=O) groups is 1. The molecule has 4 heteroatoms. The van der Waals surface area contributed by atoms with E-state index >= 15 is 0 Å². The van der Waals surface area contributed by atoms with E-state index in [9.17, 15) is 9.90 Å². The van der Waals surface area contributed by atoms with Crippen LogP contribution in [0, 0.1) is 5.92 Å². The largest absolute Gasteiger partial charge is 0.550 e. The number of aliphatic carboxylic acids is 1. The van der Waals surface area contributed by atoms with Gasteiger partial charge in [0.2, 0.25) is 0 Å². The molecule has 4 rings (SSSR count). The highest BCUT2D eigenvalue weighted by Gasteiger charge is 2.48. The lowest BCUT2D eigenvalue weighted by Crippen LogP contribution is -2.52. The van der Waals surface area contributed by atoms with Gasteiger partial charge in [-0.25, -0.2) is 0 Å². The van der Waals surface area contributed by atoms with Crippen molar-refractivity contribution in [3.05, 3.63) is 58.3 Å². The van der Waals surface area contributed by atoms with E-state index in [-0.39, 0.29) is 11.8 Å². The van der Waals surface area contributed by atoms with E-state index in [4.69, 9.17) is 0 Å². The van der Waals surface area contributed by atoms with Crippen molar-refractivity contribution < 1.29 is 9.90 Å². The van der Waals surface area contributed by atoms with Crippen molar-refractivity contribution >= 4 is 17.3 Å². The van der Waals surface area contributed by atoms with E-state index in [0.29, 0.717) is 12.1 Å². The van der Waals surface area contributed by atoms with Gasteiger partial charge in [-0.3, -0.25) is 4.90 Å². The third-order valence-corrected chi connectivity index (χ3v) is 6.71. The van der Waals surface area contributed by atoms with Gasteiger partial charge in [-0.15, -0.1) is 11.3 Å². The number of carboxylic acid groups (broad SMARTS) is 1. The van der Waals surface area contributed by atoms with Gasteiger partial charge < -0.3 is 9.90 Å². The fourth-order valence-corrected chi connectivity index (χ4v) is 5.63. The van der Waals surface area contributed by atoms with Crippen molar-refractivity contribution in [3.8, 4) is 0 Å². The number of rotatable bonds is 5.